The van der Waals surface area contributed by atoms with Gasteiger partial charge in [0.15, 0.2) is 11.5 Å². The SMILES string of the molecule is COc1ccc(C(=O)Nc2ccc(OC)c(OC)c2)cc1COc1cc(C)cc(C)c1. The van der Waals surface area contributed by atoms with Crippen LogP contribution in [0.4, 0.5) is 5.69 Å². The van der Waals surface area contributed by atoms with Crippen molar-refractivity contribution in [2.75, 3.05) is 26.6 Å². The Balaban J connectivity index is 1.78. The Morgan fingerprint density at radius 2 is 1.42 bits per heavy atom. The molecule has 0 aliphatic carbocycles. The van der Waals surface area contributed by atoms with Gasteiger partial charge in [-0.3, -0.25) is 4.79 Å². The third-order valence-electron chi connectivity index (χ3n) is 4.77. The quantitative estimate of drug-likeness (QED) is 0.544. The van der Waals surface area contributed by atoms with Gasteiger partial charge in [0.2, 0.25) is 0 Å². The number of aryl methyl sites for hydroxylation is 2. The van der Waals surface area contributed by atoms with Crippen molar-refractivity contribution in [1.82, 2.24) is 0 Å². The number of anilines is 1. The summed E-state index contributed by atoms with van der Waals surface area (Å²) in [6.07, 6.45) is 0. The highest BCUT2D eigenvalue weighted by atomic mass is 16.5. The average Bonchev–Trinajstić information content (AvgIpc) is 2.76. The molecule has 0 saturated carbocycles. The molecular formula is C25H27NO5. The van der Waals surface area contributed by atoms with E-state index in [0.717, 1.165) is 22.4 Å². The Bertz CT molecular complexity index is 1060. The summed E-state index contributed by atoms with van der Waals surface area (Å²) in [6.45, 7) is 4.34. The number of carbonyl (C=O) groups is 1. The summed E-state index contributed by atoms with van der Waals surface area (Å²) in [6, 6.07) is 16.5. The van der Waals surface area contributed by atoms with E-state index in [0.29, 0.717) is 28.5 Å². The average molecular weight is 421 g/mol. The molecular weight excluding hydrogens is 394 g/mol. The lowest BCUT2D eigenvalue weighted by molar-refractivity contribution is 0.102. The minimum atomic E-state index is -0.248. The molecule has 6 heteroatoms. The first-order chi connectivity index (χ1) is 14.9. The van der Waals surface area contributed by atoms with Gasteiger partial charge in [-0.1, -0.05) is 6.07 Å². The normalized spacial score (nSPS) is 10.4. The monoisotopic (exact) mass is 421 g/mol. The molecule has 1 N–H and O–H groups in total. The summed E-state index contributed by atoms with van der Waals surface area (Å²) < 4.78 is 21.9. The molecule has 0 radical (unpaired) electrons. The Labute approximate surface area is 182 Å². The van der Waals surface area contributed by atoms with Crippen molar-refractivity contribution in [3.8, 4) is 23.0 Å². The Hall–Kier alpha value is -3.67. The van der Waals surface area contributed by atoms with Crippen molar-refractivity contribution in [2.45, 2.75) is 20.5 Å². The summed E-state index contributed by atoms with van der Waals surface area (Å²) in [5.41, 5.74) is 4.14. The molecule has 0 spiro atoms. The smallest absolute Gasteiger partial charge is 0.255 e. The maximum atomic E-state index is 12.8. The topological polar surface area (TPSA) is 66.0 Å². The van der Waals surface area contributed by atoms with Crippen molar-refractivity contribution in [3.05, 3.63) is 76.9 Å². The molecule has 0 atom stereocenters. The number of methoxy groups -OCH3 is 3. The first kappa shape index (κ1) is 22.0. The Morgan fingerprint density at radius 1 is 0.774 bits per heavy atom. The summed E-state index contributed by atoms with van der Waals surface area (Å²) in [4.78, 5) is 12.8. The van der Waals surface area contributed by atoms with Crippen molar-refractivity contribution in [2.24, 2.45) is 0 Å². The van der Waals surface area contributed by atoms with E-state index in [2.05, 4.69) is 11.4 Å². The van der Waals surface area contributed by atoms with Gasteiger partial charge in [0.05, 0.1) is 21.3 Å². The van der Waals surface area contributed by atoms with Crippen LogP contribution in [0.25, 0.3) is 0 Å². The lowest BCUT2D eigenvalue weighted by Gasteiger charge is -2.14. The minimum Gasteiger partial charge on any atom is -0.496 e. The summed E-state index contributed by atoms with van der Waals surface area (Å²) >= 11 is 0. The molecule has 3 aromatic rings. The van der Waals surface area contributed by atoms with Crippen LogP contribution < -0.4 is 24.3 Å². The molecule has 0 saturated heterocycles. The second-order valence-electron chi connectivity index (χ2n) is 7.16. The molecule has 6 nitrogen and oxygen atoms in total. The highest BCUT2D eigenvalue weighted by molar-refractivity contribution is 6.04. The predicted octanol–water partition coefficient (Wildman–Crippen LogP) is 5.16. The number of hydrogen-bond donors (Lipinski definition) is 1. The molecule has 0 heterocycles. The van der Waals surface area contributed by atoms with Gasteiger partial charge >= 0.3 is 0 Å². The van der Waals surface area contributed by atoms with Gasteiger partial charge < -0.3 is 24.3 Å². The predicted molar refractivity (Wildman–Crippen MR) is 121 cm³/mol. The van der Waals surface area contributed by atoms with Crippen molar-refractivity contribution in [1.29, 1.82) is 0 Å². The number of ether oxygens (including phenoxy) is 4. The lowest BCUT2D eigenvalue weighted by atomic mass is 10.1. The van der Waals surface area contributed by atoms with Crippen LogP contribution in [0, 0.1) is 13.8 Å². The maximum absolute atomic E-state index is 12.8. The van der Waals surface area contributed by atoms with Gasteiger partial charge in [0.1, 0.15) is 18.1 Å². The third-order valence-corrected chi connectivity index (χ3v) is 4.77. The number of carbonyl (C=O) groups excluding carboxylic acids is 1. The minimum absolute atomic E-state index is 0.248. The number of amides is 1. The molecule has 0 fully saturated rings. The fourth-order valence-corrected chi connectivity index (χ4v) is 3.33. The molecule has 0 bridgehead atoms. The van der Waals surface area contributed by atoms with Crippen LogP contribution in [-0.2, 0) is 6.61 Å². The van der Waals surface area contributed by atoms with E-state index < -0.39 is 0 Å². The number of benzene rings is 3. The molecule has 3 rings (SSSR count). The zero-order valence-electron chi connectivity index (χ0n) is 18.4. The number of rotatable bonds is 8. The van der Waals surface area contributed by atoms with Crippen LogP contribution in [0.15, 0.2) is 54.6 Å². The van der Waals surface area contributed by atoms with Crippen LogP contribution in [0.5, 0.6) is 23.0 Å². The van der Waals surface area contributed by atoms with E-state index in [1.165, 1.54) is 0 Å². The fraction of sp³-hybridized carbons (Fsp3) is 0.240. The van der Waals surface area contributed by atoms with Crippen LogP contribution in [0.3, 0.4) is 0 Å². The third kappa shape index (κ3) is 5.48. The molecule has 0 unspecified atom stereocenters. The zero-order chi connectivity index (χ0) is 22.4. The van der Waals surface area contributed by atoms with Crippen molar-refractivity contribution < 1.29 is 23.7 Å². The first-order valence-corrected chi connectivity index (χ1v) is 9.85. The van der Waals surface area contributed by atoms with Gasteiger partial charge in [-0.25, -0.2) is 0 Å². The standard InChI is InChI=1S/C25H27NO5/c1-16-10-17(2)12-21(11-16)31-15-19-13-18(6-8-22(19)28-3)25(27)26-20-7-9-23(29-4)24(14-20)30-5/h6-14H,15H2,1-5H3,(H,26,27). The first-order valence-electron chi connectivity index (χ1n) is 9.85. The largest absolute Gasteiger partial charge is 0.496 e. The molecule has 0 aromatic heterocycles. The van der Waals surface area contributed by atoms with E-state index in [9.17, 15) is 4.79 Å². The second-order valence-corrected chi connectivity index (χ2v) is 7.16. The summed E-state index contributed by atoms with van der Waals surface area (Å²) in [5, 5.41) is 2.88. The van der Waals surface area contributed by atoms with Crippen LogP contribution in [0.2, 0.25) is 0 Å². The molecule has 3 aromatic carbocycles. The molecule has 0 aliphatic rings. The van der Waals surface area contributed by atoms with Gasteiger partial charge in [-0.2, -0.15) is 0 Å². The molecule has 0 aliphatic heterocycles. The highest BCUT2D eigenvalue weighted by Gasteiger charge is 2.13. The van der Waals surface area contributed by atoms with E-state index >= 15 is 0 Å². The van der Waals surface area contributed by atoms with Gasteiger partial charge in [0.25, 0.3) is 5.91 Å². The molecule has 162 valence electrons. The summed E-state index contributed by atoms with van der Waals surface area (Å²) in [7, 11) is 4.71. The van der Waals surface area contributed by atoms with E-state index in [1.807, 2.05) is 26.0 Å². The molecule has 31 heavy (non-hydrogen) atoms. The van der Waals surface area contributed by atoms with Crippen LogP contribution in [-0.4, -0.2) is 27.2 Å². The van der Waals surface area contributed by atoms with E-state index in [4.69, 9.17) is 18.9 Å². The van der Waals surface area contributed by atoms with Gasteiger partial charge in [-0.15, -0.1) is 0 Å². The Kier molecular flexibility index (Phi) is 7.03. The fourth-order valence-electron chi connectivity index (χ4n) is 3.33. The van der Waals surface area contributed by atoms with Gasteiger partial charge in [0, 0.05) is 22.9 Å². The summed E-state index contributed by atoms with van der Waals surface area (Å²) in [5.74, 6) is 2.32. The lowest BCUT2D eigenvalue weighted by Crippen LogP contribution is -2.13. The van der Waals surface area contributed by atoms with Gasteiger partial charge in [-0.05, 0) is 67.4 Å². The molecule has 1 amide bonds. The van der Waals surface area contributed by atoms with Crippen molar-refractivity contribution >= 4 is 11.6 Å². The highest BCUT2D eigenvalue weighted by Crippen LogP contribution is 2.30. The zero-order valence-corrected chi connectivity index (χ0v) is 18.4. The van der Waals surface area contributed by atoms with Crippen molar-refractivity contribution in [3.63, 3.8) is 0 Å². The Morgan fingerprint density at radius 3 is 2.06 bits per heavy atom. The van der Waals surface area contributed by atoms with E-state index in [-0.39, 0.29) is 12.5 Å². The van der Waals surface area contributed by atoms with Crippen LogP contribution in [0.1, 0.15) is 27.0 Å². The maximum Gasteiger partial charge on any atom is 0.255 e. The number of hydrogen-bond acceptors (Lipinski definition) is 5. The van der Waals surface area contributed by atoms with E-state index in [1.54, 1.807) is 57.7 Å². The van der Waals surface area contributed by atoms with Crippen LogP contribution >= 0.6 is 0 Å². The number of nitrogens with one attached hydrogen (secondary N) is 1. The second kappa shape index (κ2) is 9.89.